The van der Waals surface area contributed by atoms with Gasteiger partial charge in [-0.25, -0.2) is 0 Å². The molecular weight excluding hydrogens is 238 g/mol. The maximum atomic E-state index is 12.6. The van der Waals surface area contributed by atoms with Gasteiger partial charge in [0.2, 0.25) is 0 Å². The number of Topliss-reactive ketones (excluding diaryl/α,β-unsaturated/α-hetero) is 1. The number of rotatable bonds is 2. The summed E-state index contributed by atoms with van der Waals surface area (Å²) in [5.74, 6) is 0.0692. The maximum Gasteiger partial charge on any atom is 0.194 e. The van der Waals surface area contributed by atoms with E-state index in [0.29, 0.717) is 12.2 Å². The Labute approximate surface area is 112 Å². The molecule has 19 heavy (non-hydrogen) atoms. The molecule has 0 spiro atoms. The molecule has 0 bridgehead atoms. The number of fused-ring (bicyclic) bond motifs is 1. The van der Waals surface area contributed by atoms with Crippen LogP contribution in [0, 0.1) is 0 Å². The predicted molar refractivity (Wildman–Crippen MR) is 74.3 cm³/mol. The Bertz CT molecular complexity index is 615. The van der Waals surface area contributed by atoms with Gasteiger partial charge in [0.05, 0.1) is 5.52 Å². The summed E-state index contributed by atoms with van der Waals surface area (Å²) < 4.78 is 5.72. The number of carbonyl (C=O) groups is 1. The first-order chi connectivity index (χ1) is 9.19. The summed E-state index contributed by atoms with van der Waals surface area (Å²) >= 11 is 0. The van der Waals surface area contributed by atoms with Gasteiger partial charge in [0.1, 0.15) is 5.60 Å². The van der Waals surface area contributed by atoms with Crippen molar-refractivity contribution in [2.75, 3.05) is 6.61 Å². The molecule has 1 aliphatic rings. The summed E-state index contributed by atoms with van der Waals surface area (Å²) in [6.45, 7) is 2.57. The second-order valence-electron chi connectivity index (χ2n) is 5.28. The smallest absolute Gasteiger partial charge is 0.194 e. The van der Waals surface area contributed by atoms with E-state index in [-0.39, 0.29) is 5.78 Å². The van der Waals surface area contributed by atoms with Crippen molar-refractivity contribution in [3.8, 4) is 0 Å². The van der Waals surface area contributed by atoms with Crippen molar-refractivity contribution >= 4 is 16.7 Å². The summed E-state index contributed by atoms with van der Waals surface area (Å²) in [6.07, 6.45) is 4.64. The molecular formula is C16H17NO2. The standard InChI is InChI=1S/C16H17NO2/c1-16(8-2-3-10-19-16)15(18)13-7-6-12-5-4-9-17-14(12)11-13/h4-7,9,11H,2-3,8,10H2,1H3. The molecule has 3 rings (SSSR count). The van der Waals surface area contributed by atoms with Crippen LogP contribution in [0.15, 0.2) is 36.5 Å². The van der Waals surface area contributed by atoms with E-state index >= 15 is 0 Å². The quantitative estimate of drug-likeness (QED) is 0.772. The fraction of sp³-hybridized carbons (Fsp3) is 0.375. The molecule has 1 fully saturated rings. The van der Waals surface area contributed by atoms with Crippen molar-refractivity contribution in [1.82, 2.24) is 4.98 Å². The summed E-state index contributed by atoms with van der Waals surface area (Å²) in [7, 11) is 0. The van der Waals surface area contributed by atoms with Gasteiger partial charge < -0.3 is 4.74 Å². The Morgan fingerprint density at radius 1 is 1.32 bits per heavy atom. The maximum absolute atomic E-state index is 12.6. The third-order valence-corrected chi connectivity index (χ3v) is 3.82. The van der Waals surface area contributed by atoms with E-state index in [1.807, 2.05) is 37.3 Å². The molecule has 1 saturated heterocycles. The van der Waals surface area contributed by atoms with Crippen molar-refractivity contribution in [2.45, 2.75) is 31.8 Å². The van der Waals surface area contributed by atoms with Crippen molar-refractivity contribution in [2.24, 2.45) is 0 Å². The van der Waals surface area contributed by atoms with Crippen LogP contribution in [0.25, 0.3) is 10.9 Å². The van der Waals surface area contributed by atoms with E-state index in [4.69, 9.17) is 4.74 Å². The van der Waals surface area contributed by atoms with Crippen LogP contribution in [0.1, 0.15) is 36.5 Å². The van der Waals surface area contributed by atoms with Crippen LogP contribution >= 0.6 is 0 Å². The number of benzene rings is 1. The predicted octanol–water partition coefficient (Wildman–Crippen LogP) is 3.38. The first-order valence-corrected chi connectivity index (χ1v) is 6.73. The zero-order chi connectivity index (χ0) is 13.3. The topological polar surface area (TPSA) is 39.2 Å². The molecule has 3 heteroatoms. The van der Waals surface area contributed by atoms with E-state index in [1.54, 1.807) is 6.20 Å². The largest absolute Gasteiger partial charge is 0.367 e. The highest BCUT2D eigenvalue weighted by Crippen LogP contribution is 2.29. The van der Waals surface area contributed by atoms with Gasteiger partial charge in [-0.1, -0.05) is 18.2 Å². The highest BCUT2D eigenvalue weighted by atomic mass is 16.5. The van der Waals surface area contributed by atoms with Crippen LogP contribution in [0.2, 0.25) is 0 Å². The molecule has 0 saturated carbocycles. The number of carbonyl (C=O) groups excluding carboxylic acids is 1. The fourth-order valence-corrected chi connectivity index (χ4v) is 2.63. The number of pyridine rings is 1. The molecule has 1 aromatic carbocycles. The lowest BCUT2D eigenvalue weighted by Gasteiger charge is -2.32. The van der Waals surface area contributed by atoms with E-state index in [0.717, 1.165) is 30.2 Å². The molecule has 2 aromatic rings. The minimum Gasteiger partial charge on any atom is -0.367 e. The molecule has 0 N–H and O–H groups in total. The molecule has 1 aliphatic heterocycles. The Morgan fingerprint density at radius 3 is 3.00 bits per heavy atom. The molecule has 1 unspecified atom stereocenters. The highest BCUT2D eigenvalue weighted by molar-refractivity contribution is 6.04. The average molecular weight is 255 g/mol. The normalized spacial score (nSPS) is 23.4. The SMILES string of the molecule is CC1(C(=O)c2ccc3cccnc3c2)CCCCO1. The third-order valence-electron chi connectivity index (χ3n) is 3.82. The third kappa shape index (κ3) is 2.26. The van der Waals surface area contributed by atoms with Gasteiger partial charge in [-0.2, -0.15) is 0 Å². The van der Waals surface area contributed by atoms with Crippen molar-refractivity contribution in [3.63, 3.8) is 0 Å². The van der Waals surface area contributed by atoms with E-state index in [9.17, 15) is 4.79 Å². The van der Waals surface area contributed by atoms with Crippen molar-refractivity contribution in [1.29, 1.82) is 0 Å². The molecule has 1 aromatic heterocycles. The molecule has 3 nitrogen and oxygen atoms in total. The Balaban J connectivity index is 1.97. The second kappa shape index (κ2) is 4.74. The first-order valence-electron chi connectivity index (χ1n) is 6.73. The van der Waals surface area contributed by atoms with E-state index in [2.05, 4.69) is 4.98 Å². The van der Waals surface area contributed by atoms with Crippen LogP contribution in [0.5, 0.6) is 0 Å². The van der Waals surface area contributed by atoms with Crippen molar-refractivity contribution in [3.05, 3.63) is 42.1 Å². The fourth-order valence-electron chi connectivity index (χ4n) is 2.63. The average Bonchev–Trinajstić information content (AvgIpc) is 2.47. The van der Waals surface area contributed by atoms with E-state index < -0.39 is 5.60 Å². The van der Waals surface area contributed by atoms with Crippen LogP contribution < -0.4 is 0 Å². The van der Waals surface area contributed by atoms with Gasteiger partial charge in [-0.05, 0) is 38.3 Å². The lowest BCUT2D eigenvalue weighted by Crippen LogP contribution is -2.41. The van der Waals surface area contributed by atoms with Crippen LogP contribution in [-0.4, -0.2) is 23.0 Å². The van der Waals surface area contributed by atoms with Gasteiger partial charge in [0.15, 0.2) is 5.78 Å². The number of ether oxygens (including phenoxy) is 1. The molecule has 0 aliphatic carbocycles. The minimum atomic E-state index is -0.666. The lowest BCUT2D eigenvalue weighted by atomic mass is 9.87. The van der Waals surface area contributed by atoms with Gasteiger partial charge in [-0.15, -0.1) is 0 Å². The number of hydrogen-bond acceptors (Lipinski definition) is 3. The van der Waals surface area contributed by atoms with Crippen LogP contribution in [-0.2, 0) is 4.74 Å². The Hall–Kier alpha value is -1.74. The molecule has 1 atom stereocenters. The monoisotopic (exact) mass is 255 g/mol. The minimum absolute atomic E-state index is 0.0692. The summed E-state index contributed by atoms with van der Waals surface area (Å²) in [5.41, 5.74) is 0.879. The van der Waals surface area contributed by atoms with Gasteiger partial charge in [0.25, 0.3) is 0 Å². The first kappa shape index (κ1) is 12.3. The zero-order valence-electron chi connectivity index (χ0n) is 11.1. The molecule has 0 radical (unpaired) electrons. The second-order valence-corrected chi connectivity index (χ2v) is 5.28. The van der Waals surface area contributed by atoms with Gasteiger partial charge in [-0.3, -0.25) is 9.78 Å². The van der Waals surface area contributed by atoms with Crippen molar-refractivity contribution < 1.29 is 9.53 Å². The summed E-state index contributed by atoms with van der Waals surface area (Å²) in [5, 5.41) is 1.05. The lowest BCUT2D eigenvalue weighted by molar-refractivity contribution is -0.0426. The van der Waals surface area contributed by atoms with E-state index in [1.165, 1.54) is 0 Å². The van der Waals surface area contributed by atoms with Gasteiger partial charge in [0, 0.05) is 23.8 Å². The van der Waals surface area contributed by atoms with Crippen LogP contribution in [0.3, 0.4) is 0 Å². The molecule has 0 amide bonds. The number of hydrogen-bond donors (Lipinski definition) is 0. The van der Waals surface area contributed by atoms with Gasteiger partial charge >= 0.3 is 0 Å². The number of ketones is 1. The number of aromatic nitrogens is 1. The zero-order valence-corrected chi connectivity index (χ0v) is 11.1. The van der Waals surface area contributed by atoms with Crippen LogP contribution in [0.4, 0.5) is 0 Å². The Morgan fingerprint density at radius 2 is 2.21 bits per heavy atom. The Kier molecular flexibility index (Phi) is 3.07. The highest BCUT2D eigenvalue weighted by Gasteiger charge is 2.36. The number of nitrogens with zero attached hydrogens (tertiary/aromatic N) is 1. The summed E-state index contributed by atoms with van der Waals surface area (Å²) in [4.78, 5) is 16.9. The molecule has 2 heterocycles. The summed E-state index contributed by atoms with van der Waals surface area (Å²) in [6, 6.07) is 9.57. The molecule has 98 valence electrons.